The molecule has 0 atom stereocenters. The van der Waals surface area contributed by atoms with E-state index in [2.05, 4.69) is 9.88 Å². The number of nitrogens with two attached hydrogens (primary N) is 1. The zero-order chi connectivity index (χ0) is 12.8. The lowest BCUT2D eigenvalue weighted by Gasteiger charge is -2.34. The first-order chi connectivity index (χ1) is 8.81. The van der Waals surface area contributed by atoms with E-state index in [1.54, 1.807) is 17.5 Å². The van der Waals surface area contributed by atoms with E-state index in [4.69, 9.17) is 10.5 Å². The molecule has 0 aromatic carbocycles. The molecule has 1 saturated heterocycles. The van der Waals surface area contributed by atoms with Crippen LogP contribution >= 0.6 is 11.3 Å². The van der Waals surface area contributed by atoms with E-state index in [0.717, 1.165) is 31.3 Å². The number of carbonyl (C=O) groups is 1. The highest BCUT2D eigenvalue weighted by Crippen LogP contribution is 2.18. The van der Waals surface area contributed by atoms with Crippen molar-refractivity contribution >= 4 is 22.4 Å². The van der Waals surface area contributed by atoms with Crippen LogP contribution in [0.15, 0.2) is 11.6 Å². The highest BCUT2D eigenvalue weighted by molar-refractivity contribution is 7.13. The second-order valence-corrected chi connectivity index (χ2v) is 4.90. The van der Waals surface area contributed by atoms with Crippen molar-refractivity contribution in [1.29, 1.82) is 0 Å². The number of piperazine rings is 1. The van der Waals surface area contributed by atoms with Gasteiger partial charge in [0.15, 0.2) is 5.13 Å². The summed E-state index contributed by atoms with van der Waals surface area (Å²) in [6.45, 7) is 4.13. The van der Waals surface area contributed by atoms with Gasteiger partial charge in [-0.15, -0.1) is 11.3 Å². The standard InChI is InChI=1S/C11H18N4O2S/c12-1-7-17-9-10(16)14-3-5-15(6-4-14)11-13-2-8-18-11/h2,8H,1,3-7,9,12H2. The minimum absolute atomic E-state index is 0.0437. The SMILES string of the molecule is NCCOCC(=O)N1CCN(c2nccs2)CC1. The molecule has 2 heterocycles. The molecule has 0 unspecified atom stereocenters. The van der Waals surface area contributed by atoms with Crippen molar-refractivity contribution in [2.75, 3.05) is 50.8 Å². The second-order valence-electron chi connectivity index (χ2n) is 4.02. The highest BCUT2D eigenvalue weighted by atomic mass is 32.1. The number of thiazole rings is 1. The van der Waals surface area contributed by atoms with Crippen LogP contribution in [0.1, 0.15) is 0 Å². The number of ether oxygens (including phenoxy) is 1. The maximum absolute atomic E-state index is 11.8. The van der Waals surface area contributed by atoms with Gasteiger partial charge in [-0.05, 0) is 0 Å². The molecule has 1 aromatic heterocycles. The van der Waals surface area contributed by atoms with Crippen molar-refractivity contribution in [3.05, 3.63) is 11.6 Å². The zero-order valence-electron chi connectivity index (χ0n) is 10.2. The average molecular weight is 270 g/mol. The van der Waals surface area contributed by atoms with E-state index in [9.17, 15) is 4.79 Å². The number of rotatable bonds is 5. The Morgan fingerprint density at radius 3 is 2.83 bits per heavy atom. The summed E-state index contributed by atoms with van der Waals surface area (Å²) in [5, 5.41) is 2.99. The Labute approximate surface area is 110 Å². The molecule has 0 radical (unpaired) electrons. The lowest BCUT2D eigenvalue weighted by Crippen LogP contribution is -2.49. The van der Waals surface area contributed by atoms with Gasteiger partial charge in [0.05, 0.1) is 6.61 Å². The zero-order valence-corrected chi connectivity index (χ0v) is 11.1. The number of aromatic nitrogens is 1. The second kappa shape index (κ2) is 6.67. The molecule has 1 amide bonds. The quantitative estimate of drug-likeness (QED) is 0.748. The van der Waals surface area contributed by atoms with E-state index in [-0.39, 0.29) is 12.5 Å². The number of nitrogens with zero attached hydrogens (tertiary/aromatic N) is 3. The third kappa shape index (κ3) is 3.41. The van der Waals surface area contributed by atoms with Crippen LogP contribution in [0.2, 0.25) is 0 Å². The van der Waals surface area contributed by atoms with Crippen molar-refractivity contribution in [2.45, 2.75) is 0 Å². The minimum atomic E-state index is 0.0437. The van der Waals surface area contributed by atoms with Gasteiger partial charge in [-0.25, -0.2) is 4.98 Å². The first-order valence-electron chi connectivity index (χ1n) is 6.01. The first-order valence-corrected chi connectivity index (χ1v) is 6.89. The molecule has 0 aliphatic carbocycles. The molecule has 1 aromatic rings. The molecule has 6 nitrogen and oxygen atoms in total. The number of amides is 1. The predicted molar refractivity (Wildman–Crippen MR) is 70.8 cm³/mol. The first kappa shape index (κ1) is 13.3. The van der Waals surface area contributed by atoms with Gasteiger partial charge in [-0.3, -0.25) is 4.79 Å². The molecule has 0 spiro atoms. The number of carbonyl (C=O) groups excluding carboxylic acids is 1. The maximum atomic E-state index is 11.8. The summed E-state index contributed by atoms with van der Waals surface area (Å²) in [5.74, 6) is 0.0437. The van der Waals surface area contributed by atoms with Crippen molar-refractivity contribution in [2.24, 2.45) is 5.73 Å². The lowest BCUT2D eigenvalue weighted by molar-refractivity contribution is -0.136. The van der Waals surface area contributed by atoms with E-state index < -0.39 is 0 Å². The molecule has 2 rings (SSSR count). The molecular weight excluding hydrogens is 252 g/mol. The Balaban J connectivity index is 1.74. The fourth-order valence-electron chi connectivity index (χ4n) is 1.85. The largest absolute Gasteiger partial charge is 0.370 e. The van der Waals surface area contributed by atoms with Crippen LogP contribution in [-0.4, -0.2) is 61.7 Å². The van der Waals surface area contributed by atoms with Crippen molar-refractivity contribution < 1.29 is 9.53 Å². The summed E-state index contributed by atoms with van der Waals surface area (Å²) in [6.07, 6.45) is 1.80. The van der Waals surface area contributed by atoms with Gasteiger partial charge >= 0.3 is 0 Å². The van der Waals surface area contributed by atoms with Gasteiger partial charge in [0.1, 0.15) is 6.61 Å². The topological polar surface area (TPSA) is 71.7 Å². The van der Waals surface area contributed by atoms with E-state index in [1.807, 2.05) is 10.3 Å². The Hall–Kier alpha value is -1.18. The number of hydrogen-bond donors (Lipinski definition) is 1. The average Bonchev–Trinajstić information content (AvgIpc) is 2.93. The van der Waals surface area contributed by atoms with Gasteiger partial charge < -0.3 is 20.3 Å². The lowest BCUT2D eigenvalue weighted by atomic mass is 10.3. The van der Waals surface area contributed by atoms with Crippen LogP contribution in [0.5, 0.6) is 0 Å². The summed E-state index contributed by atoms with van der Waals surface area (Å²) in [7, 11) is 0. The summed E-state index contributed by atoms with van der Waals surface area (Å²) in [4.78, 5) is 20.1. The molecule has 0 bridgehead atoms. The predicted octanol–water partition coefficient (Wildman–Crippen LogP) is -0.233. The molecule has 1 fully saturated rings. The smallest absolute Gasteiger partial charge is 0.248 e. The molecule has 100 valence electrons. The molecular formula is C11H18N4O2S. The van der Waals surface area contributed by atoms with Crippen molar-refractivity contribution in [3.8, 4) is 0 Å². The number of hydrogen-bond acceptors (Lipinski definition) is 6. The molecule has 1 aliphatic heterocycles. The molecule has 1 aliphatic rings. The third-order valence-corrected chi connectivity index (χ3v) is 3.64. The fourth-order valence-corrected chi connectivity index (χ4v) is 2.55. The third-order valence-electron chi connectivity index (χ3n) is 2.81. The Bertz CT molecular complexity index is 363. The summed E-state index contributed by atoms with van der Waals surface area (Å²) in [6, 6.07) is 0. The van der Waals surface area contributed by atoms with Crippen LogP contribution < -0.4 is 10.6 Å². The van der Waals surface area contributed by atoms with Gasteiger partial charge in [0, 0.05) is 44.3 Å². The van der Waals surface area contributed by atoms with E-state index in [1.165, 1.54) is 0 Å². The van der Waals surface area contributed by atoms with Crippen LogP contribution in [0, 0.1) is 0 Å². The van der Waals surface area contributed by atoms with Crippen molar-refractivity contribution in [3.63, 3.8) is 0 Å². The van der Waals surface area contributed by atoms with Gasteiger partial charge in [0.25, 0.3) is 0 Å². The Morgan fingerprint density at radius 2 is 2.22 bits per heavy atom. The fraction of sp³-hybridized carbons (Fsp3) is 0.636. The highest BCUT2D eigenvalue weighted by Gasteiger charge is 2.22. The minimum Gasteiger partial charge on any atom is -0.370 e. The summed E-state index contributed by atoms with van der Waals surface area (Å²) >= 11 is 1.63. The summed E-state index contributed by atoms with van der Waals surface area (Å²) < 4.78 is 5.16. The monoisotopic (exact) mass is 270 g/mol. The van der Waals surface area contributed by atoms with E-state index >= 15 is 0 Å². The molecule has 18 heavy (non-hydrogen) atoms. The maximum Gasteiger partial charge on any atom is 0.248 e. The van der Waals surface area contributed by atoms with Gasteiger partial charge in [0.2, 0.25) is 5.91 Å². The van der Waals surface area contributed by atoms with Gasteiger partial charge in [-0.2, -0.15) is 0 Å². The van der Waals surface area contributed by atoms with E-state index in [0.29, 0.717) is 13.2 Å². The molecule has 2 N–H and O–H groups in total. The van der Waals surface area contributed by atoms with Crippen LogP contribution in [0.3, 0.4) is 0 Å². The Morgan fingerprint density at radius 1 is 1.44 bits per heavy atom. The van der Waals surface area contributed by atoms with Gasteiger partial charge in [-0.1, -0.05) is 0 Å². The number of anilines is 1. The summed E-state index contributed by atoms with van der Waals surface area (Å²) in [5.41, 5.74) is 5.30. The van der Waals surface area contributed by atoms with Crippen LogP contribution in [-0.2, 0) is 9.53 Å². The van der Waals surface area contributed by atoms with Crippen LogP contribution in [0.4, 0.5) is 5.13 Å². The van der Waals surface area contributed by atoms with Crippen molar-refractivity contribution in [1.82, 2.24) is 9.88 Å². The Kier molecular flexibility index (Phi) is 4.91. The molecule has 7 heteroatoms. The normalized spacial score (nSPS) is 16.1. The molecule has 0 saturated carbocycles. The van der Waals surface area contributed by atoms with Crippen LogP contribution in [0.25, 0.3) is 0 Å².